The van der Waals surface area contributed by atoms with Crippen LogP contribution in [0.1, 0.15) is 27.0 Å². The van der Waals surface area contributed by atoms with Gasteiger partial charge in [0.05, 0.1) is 0 Å². The highest BCUT2D eigenvalue weighted by atomic mass is 16.2. The number of carbonyl (C=O) groups excluding carboxylic acids is 2. The lowest BCUT2D eigenvalue weighted by Crippen LogP contribution is -2.28. The molecule has 3 N–H and O–H groups in total. The van der Waals surface area contributed by atoms with Crippen molar-refractivity contribution in [2.45, 2.75) is 20.0 Å². The number of aryl methyl sites for hydroxylation is 1. The zero-order valence-corrected chi connectivity index (χ0v) is 12.3. The van der Waals surface area contributed by atoms with E-state index in [1.54, 1.807) is 6.07 Å². The maximum Gasteiger partial charge on any atom is 0.319 e. The predicted octanol–water partition coefficient (Wildman–Crippen LogP) is 2.56. The molecule has 22 heavy (non-hydrogen) atoms. The summed E-state index contributed by atoms with van der Waals surface area (Å²) >= 11 is 0. The molecule has 112 valence electrons. The van der Waals surface area contributed by atoms with Crippen molar-refractivity contribution < 1.29 is 9.59 Å². The largest absolute Gasteiger partial charge is 0.348 e. The fourth-order valence-electron chi connectivity index (χ4n) is 2.39. The maximum atomic E-state index is 11.9. The van der Waals surface area contributed by atoms with Crippen LogP contribution in [0.4, 0.5) is 10.5 Å². The lowest BCUT2D eigenvalue weighted by molar-refractivity contribution is 0.0965. The molecule has 0 unspecified atom stereocenters. The first-order valence-corrected chi connectivity index (χ1v) is 7.13. The SMILES string of the molecule is Cc1ccc(NC(=O)NCc2ccc3c(c2)CNC3=O)cc1. The quantitative estimate of drug-likeness (QED) is 0.814. The number of anilines is 1. The van der Waals surface area contributed by atoms with Crippen molar-refractivity contribution in [1.29, 1.82) is 0 Å². The molecule has 0 fully saturated rings. The van der Waals surface area contributed by atoms with Gasteiger partial charge in [-0.15, -0.1) is 0 Å². The molecule has 5 nitrogen and oxygen atoms in total. The number of benzene rings is 2. The Labute approximate surface area is 128 Å². The second kappa shape index (κ2) is 5.89. The van der Waals surface area contributed by atoms with E-state index in [1.807, 2.05) is 43.3 Å². The number of urea groups is 1. The van der Waals surface area contributed by atoms with Crippen LogP contribution in [-0.4, -0.2) is 11.9 Å². The minimum Gasteiger partial charge on any atom is -0.348 e. The van der Waals surface area contributed by atoms with Crippen LogP contribution in [0, 0.1) is 6.92 Å². The van der Waals surface area contributed by atoms with Gasteiger partial charge in [0.1, 0.15) is 0 Å². The van der Waals surface area contributed by atoms with Gasteiger partial charge in [-0.05, 0) is 36.2 Å². The van der Waals surface area contributed by atoms with Crippen molar-refractivity contribution in [3.8, 4) is 0 Å². The van der Waals surface area contributed by atoms with Crippen LogP contribution in [0.15, 0.2) is 42.5 Å². The second-order valence-corrected chi connectivity index (χ2v) is 5.35. The highest BCUT2D eigenvalue weighted by Crippen LogP contribution is 2.17. The Morgan fingerprint density at radius 1 is 1.18 bits per heavy atom. The Morgan fingerprint density at radius 2 is 1.95 bits per heavy atom. The Balaban J connectivity index is 1.57. The molecule has 0 atom stereocenters. The number of hydrogen-bond acceptors (Lipinski definition) is 2. The summed E-state index contributed by atoms with van der Waals surface area (Å²) in [5.74, 6) is -0.0355. The molecule has 0 spiro atoms. The first-order valence-electron chi connectivity index (χ1n) is 7.13. The van der Waals surface area contributed by atoms with Gasteiger partial charge in [0.25, 0.3) is 5.91 Å². The van der Waals surface area contributed by atoms with E-state index in [2.05, 4.69) is 16.0 Å². The molecule has 2 aromatic carbocycles. The molecule has 0 bridgehead atoms. The average Bonchev–Trinajstić information content (AvgIpc) is 2.88. The molecule has 5 heteroatoms. The zero-order valence-electron chi connectivity index (χ0n) is 12.3. The molecule has 1 aliphatic rings. The average molecular weight is 295 g/mol. The number of nitrogens with one attached hydrogen (secondary N) is 3. The minimum absolute atomic E-state index is 0.0355. The Kier molecular flexibility index (Phi) is 3.78. The van der Waals surface area contributed by atoms with Gasteiger partial charge in [0.2, 0.25) is 0 Å². The highest BCUT2D eigenvalue weighted by Gasteiger charge is 2.18. The van der Waals surface area contributed by atoms with E-state index in [9.17, 15) is 9.59 Å². The van der Waals surface area contributed by atoms with Crippen molar-refractivity contribution in [2.75, 3.05) is 5.32 Å². The maximum absolute atomic E-state index is 11.9. The molecule has 0 saturated heterocycles. The van der Waals surface area contributed by atoms with Crippen molar-refractivity contribution in [3.05, 3.63) is 64.7 Å². The van der Waals surface area contributed by atoms with Gasteiger partial charge < -0.3 is 16.0 Å². The van der Waals surface area contributed by atoms with E-state index in [0.717, 1.165) is 22.4 Å². The minimum atomic E-state index is -0.251. The summed E-state index contributed by atoms with van der Waals surface area (Å²) < 4.78 is 0. The first kappa shape index (κ1) is 14.1. The van der Waals surface area contributed by atoms with Crippen LogP contribution in [0.3, 0.4) is 0 Å². The van der Waals surface area contributed by atoms with Crippen LogP contribution in [-0.2, 0) is 13.1 Å². The van der Waals surface area contributed by atoms with E-state index in [4.69, 9.17) is 0 Å². The predicted molar refractivity (Wildman–Crippen MR) is 84.6 cm³/mol. The smallest absolute Gasteiger partial charge is 0.319 e. The van der Waals surface area contributed by atoms with Crippen molar-refractivity contribution in [2.24, 2.45) is 0 Å². The molecule has 0 aliphatic carbocycles. The van der Waals surface area contributed by atoms with Gasteiger partial charge in [-0.25, -0.2) is 4.79 Å². The van der Waals surface area contributed by atoms with E-state index in [1.165, 1.54) is 0 Å². The number of rotatable bonds is 3. The van der Waals surface area contributed by atoms with Crippen LogP contribution in [0.25, 0.3) is 0 Å². The van der Waals surface area contributed by atoms with Crippen molar-refractivity contribution in [1.82, 2.24) is 10.6 Å². The third-order valence-electron chi connectivity index (χ3n) is 3.62. The second-order valence-electron chi connectivity index (χ2n) is 5.35. The Morgan fingerprint density at radius 3 is 2.73 bits per heavy atom. The number of carbonyl (C=O) groups is 2. The lowest BCUT2D eigenvalue weighted by atomic mass is 10.1. The Hall–Kier alpha value is -2.82. The fraction of sp³-hybridized carbons (Fsp3) is 0.176. The van der Waals surface area contributed by atoms with Gasteiger partial charge in [-0.3, -0.25) is 4.79 Å². The lowest BCUT2D eigenvalue weighted by Gasteiger charge is -2.08. The number of fused-ring (bicyclic) bond motifs is 1. The molecular formula is C17H17N3O2. The van der Waals surface area contributed by atoms with Crippen molar-refractivity contribution in [3.63, 3.8) is 0 Å². The van der Waals surface area contributed by atoms with Gasteiger partial charge in [0, 0.05) is 24.3 Å². The summed E-state index contributed by atoms with van der Waals surface area (Å²) in [5.41, 5.74) is 4.56. The Bertz CT molecular complexity index is 723. The normalized spacial score (nSPS) is 12.5. The molecule has 0 radical (unpaired) electrons. The topological polar surface area (TPSA) is 70.2 Å². The van der Waals surface area contributed by atoms with Crippen LogP contribution >= 0.6 is 0 Å². The molecule has 1 aliphatic heterocycles. The van der Waals surface area contributed by atoms with Crippen LogP contribution in [0.5, 0.6) is 0 Å². The molecule has 3 rings (SSSR count). The summed E-state index contributed by atoms with van der Waals surface area (Å²) in [7, 11) is 0. The number of amides is 3. The molecule has 2 aromatic rings. The van der Waals surface area contributed by atoms with Crippen LogP contribution < -0.4 is 16.0 Å². The molecular weight excluding hydrogens is 278 g/mol. The summed E-state index contributed by atoms with van der Waals surface area (Å²) in [6.45, 7) is 2.97. The van der Waals surface area contributed by atoms with Gasteiger partial charge in [-0.1, -0.05) is 29.8 Å². The third kappa shape index (κ3) is 3.09. The summed E-state index contributed by atoms with van der Waals surface area (Å²) in [4.78, 5) is 23.3. The molecule has 0 saturated carbocycles. The van der Waals surface area contributed by atoms with Gasteiger partial charge in [0.15, 0.2) is 0 Å². The monoisotopic (exact) mass is 295 g/mol. The van der Waals surface area contributed by atoms with E-state index >= 15 is 0 Å². The summed E-state index contributed by atoms with van der Waals surface area (Å²) in [5, 5.41) is 8.37. The van der Waals surface area contributed by atoms with Crippen LogP contribution in [0.2, 0.25) is 0 Å². The van der Waals surface area contributed by atoms with E-state index in [-0.39, 0.29) is 11.9 Å². The fourth-order valence-corrected chi connectivity index (χ4v) is 2.39. The standard InChI is InChI=1S/C17H17N3O2/c1-11-2-5-14(6-3-11)20-17(22)19-9-12-4-7-15-13(8-12)10-18-16(15)21/h2-8H,9-10H2,1H3,(H,18,21)(H2,19,20,22). The van der Waals surface area contributed by atoms with E-state index < -0.39 is 0 Å². The third-order valence-corrected chi connectivity index (χ3v) is 3.62. The van der Waals surface area contributed by atoms with Crippen molar-refractivity contribution >= 4 is 17.6 Å². The number of hydrogen-bond donors (Lipinski definition) is 3. The molecule has 1 heterocycles. The van der Waals surface area contributed by atoms with Gasteiger partial charge in [-0.2, -0.15) is 0 Å². The summed E-state index contributed by atoms with van der Waals surface area (Å²) in [6, 6.07) is 13.0. The summed E-state index contributed by atoms with van der Waals surface area (Å²) in [6.07, 6.45) is 0. The van der Waals surface area contributed by atoms with E-state index in [0.29, 0.717) is 18.7 Å². The molecule has 0 aromatic heterocycles. The zero-order chi connectivity index (χ0) is 15.5. The highest BCUT2D eigenvalue weighted by molar-refractivity contribution is 5.98. The van der Waals surface area contributed by atoms with Gasteiger partial charge >= 0.3 is 6.03 Å². The molecule has 3 amide bonds. The first-order chi connectivity index (χ1) is 10.6.